The van der Waals surface area contributed by atoms with Crippen LogP contribution in [0.1, 0.15) is 69.0 Å². The minimum Gasteiger partial charge on any atom is -0.381 e. The molecule has 2 fully saturated rings. The number of rotatable bonds is 5. The van der Waals surface area contributed by atoms with Gasteiger partial charge >= 0.3 is 0 Å². The minimum atomic E-state index is 0.357. The number of aryl methyl sites for hydroxylation is 1. The van der Waals surface area contributed by atoms with Gasteiger partial charge in [-0.1, -0.05) is 37.3 Å². The molecule has 4 heteroatoms. The predicted molar refractivity (Wildman–Crippen MR) is 72.0 cm³/mol. The van der Waals surface area contributed by atoms with E-state index in [0.29, 0.717) is 5.92 Å². The van der Waals surface area contributed by atoms with Gasteiger partial charge in [0.25, 0.3) is 0 Å². The van der Waals surface area contributed by atoms with Gasteiger partial charge < -0.3 is 9.26 Å². The van der Waals surface area contributed by atoms with Gasteiger partial charge in [-0.15, -0.1) is 0 Å². The summed E-state index contributed by atoms with van der Waals surface area (Å²) in [6.07, 6.45) is 11.6. The van der Waals surface area contributed by atoms with Crippen LogP contribution in [0.5, 0.6) is 0 Å². The van der Waals surface area contributed by atoms with Gasteiger partial charge in [0.05, 0.1) is 6.61 Å². The smallest absolute Gasteiger partial charge is 0.226 e. The summed E-state index contributed by atoms with van der Waals surface area (Å²) in [5.41, 5.74) is 0. The molecule has 3 rings (SSSR count). The first-order valence-corrected chi connectivity index (χ1v) is 7.82. The van der Waals surface area contributed by atoms with Crippen molar-refractivity contribution in [2.24, 2.45) is 5.92 Å². The molecule has 0 radical (unpaired) electrons. The highest BCUT2D eigenvalue weighted by atomic mass is 16.5. The molecule has 2 aliphatic rings. The zero-order valence-corrected chi connectivity index (χ0v) is 11.6. The molecule has 1 aliphatic heterocycles. The van der Waals surface area contributed by atoms with Crippen molar-refractivity contribution in [1.29, 1.82) is 0 Å². The lowest BCUT2D eigenvalue weighted by Gasteiger charge is -2.20. The molecule has 1 saturated heterocycles. The highest BCUT2D eigenvalue weighted by Crippen LogP contribution is 2.28. The maximum atomic E-state index is 5.36. The van der Waals surface area contributed by atoms with Gasteiger partial charge in [-0.3, -0.25) is 0 Å². The third kappa shape index (κ3) is 3.56. The van der Waals surface area contributed by atoms with Gasteiger partial charge in [0.1, 0.15) is 0 Å². The summed E-state index contributed by atoms with van der Waals surface area (Å²) in [4.78, 5) is 4.52. The van der Waals surface area contributed by atoms with Crippen molar-refractivity contribution >= 4 is 0 Å². The summed E-state index contributed by atoms with van der Waals surface area (Å²) >= 11 is 0. The Labute approximate surface area is 114 Å². The molecule has 1 aromatic rings. The van der Waals surface area contributed by atoms with Crippen molar-refractivity contribution in [3.63, 3.8) is 0 Å². The maximum Gasteiger partial charge on any atom is 0.226 e. The molecule has 1 saturated carbocycles. The molecule has 4 nitrogen and oxygen atoms in total. The number of aromatic nitrogens is 2. The van der Waals surface area contributed by atoms with E-state index in [1.165, 1.54) is 44.9 Å². The Morgan fingerprint density at radius 2 is 2.00 bits per heavy atom. The molecule has 0 spiro atoms. The first-order chi connectivity index (χ1) is 9.42. The van der Waals surface area contributed by atoms with Crippen LogP contribution in [0.25, 0.3) is 0 Å². The zero-order valence-electron chi connectivity index (χ0n) is 11.6. The van der Waals surface area contributed by atoms with Crippen molar-refractivity contribution < 1.29 is 9.26 Å². The lowest BCUT2D eigenvalue weighted by molar-refractivity contribution is 0.192. The second-order valence-electron chi connectivity index (χ2n) is 6.00. The molecule has 0 amide bonds. The Balaban J connectivity index is 1.42. The van der Waals surface area contributed by atoms with Gasteiger partial charge in [0.2, 0.25) is 5.89 Å². The minimum absolute atomic E-state index is 0.357. The molecular weight excluding hydrogens is 240 g/mol. The van der Waals surface area contributed by atoms with Crippen LogP contribution in [0.3, 0.4) is 0 Å². The van der Waals surface area contributed by atoms with Crippen LogP contribution in [-0.4, -0.2) is 23.4 Å². The van der Waals surface area contributed by atoms with Gasteiger partial charge in [-0.25, -0.2) is 0 Å². The van der Waals surface area contributed by atoms with Crippen molar-refractivity contribution in [3.8, 4) is 0 Å². The Morgan fingerprint density at radius 1 is 1.11 bits per heavy atom. The van der Waals surface area contributed by atoms with Crippen molar-refractivity contribution in [3.05, 3.63) is 11.7 Å². The summed E-state index contributed by atoms with van der Waals surface area (Å²) in [6, 6.07) is 0. The summed E-state index contributed by atoms with van der Waals surface area (Å²) in [5, 5.41) is 4.10. The number of hydrogen-bond acceptors (Lipinski definition) is 4. The third-order valence-electron chi connectivity index (χ3n) is 4.51. The van der Waals surface area contributed by atoms with Crippen LogP contribution < -0.4 is 0 Å². The van der Waals surface area contributed by atoms with Crippen molar-refractivity contribution in [2.75, 3.05) is 13.2 Å². The molecular formula is C15H24N2O2. The molecule has 19 heavy (non-hydrogen) atoms. The van der Waals surface area contributed by atoms with E-state index < -0.39 is 0 Å². The fourth-order valence-corrected chi connectivity index (χ4v) is 3.29. The Hall–Kier alpha value is -0.900. The molecule has 0 N–H and O–H groups in total. The molecule has 0 bridgehead atoms. The van der Waals surface area contributed by atoms with Gasteiger partial charge in [-0.2, -0.15) is 4.98 Å². The monoisotopic (exact) mass is 264 g/mol. The third-order valence-corrected chi connectivity index (χ3v) is 4.51. The highest BCUT2D eigenvalue weighted by Gasteiger charge is 2.23. The van der Waals surface area contributed by atoms with E-state index in [0.717, 1.165) is 43.7 Å². The van der Waals surface area contributed by atoms with Crippen LogP contribution in [0.15, 0.2) is 4.52 Å². The van der Waals surface area contributed by atoms with Crippen LogP contribution in [0.2, 0.25) is 0 Å². The largest absolute Gasteiger partial charge is 0.381 e. The molecule has 0 unspecified atom stereocenters. The molecule has 1 atom stereocenters. The van der Waals surface area contributed by atoms with Crippen LogP contribution in [0, 0.1) is 5.92 Å². The first-order valence-electron chi connectivity index (χ1n) is 7.82. The fraction of sp³-hybridized carbons (Fsp3) is 0.867. The fourth-order valence-electron chi connectivity index (χ4n) is 3.29. The summed E-state index contributed by atoms with van der Waals surface area (Å²) in [5.74, 6) is 2.97. The Bertz CT molecular complexity index is 379. The van der Waals surface area contributed by atoms with Gasteiger partial charge in [0, 0.05) is 18.9 Å². The molecule has 1 aliphatic carbocycles. The first kappa shape index (κ1) is 13.1. The number of ether oxygens (including phenoxy) is 1. The summed E-state index contributed by atoms with van der Waals surface area (Å²) in [7, 11) is 0. The predicted octanol–water partition coefficient (Wildman–Crippen LogP) is 3.48. The lowest BCUT2D eigenvalue weighted by Crippen LogP contribution is -2.06. The maximum absolute atomic E-state index is 5.36. The average Bonchev–Trinajstić information content (AvgIpc) is 3.10. The second-order valence-corrected chi connectivity index (χ2v) is 6.00. The van der Waals surface area contributed by atoms with E-state index >= 15 is 0 Å². The Morgan fingerprint density at radius 3 is 2.79 bits per heavy atom. The lowest BCUT2D eigenvalue weighted by atomic mass is 9.86. The van der Waals surface area contributed by atoms with E-state index in [4.69, 9.17) is 9.26 Å². The van der Waals surface area contributed by atoms with Crippen molar-refractivity contribution in [1.82, 2.24) is 10.1 Å². The van der Waals surface area contributed by atoms with Crippen LogP contribution in [0.4, 0.5) is 0 Å². The second kappa shape index (κ2) is 6.51. The highest BCUT2D eigenvalue weighted by molar-refractivity contribution is 4.97. The molecule has 106 valence electrons. The van der Waals surface area contributed by atoms with Crippen molar-refractivity contribution in [2.45, 2.75) is 63.7 Å². The summed E-state index contributed by atoms with van der Waals surface area (Å²) in [6.45, 7) is 1.58. The topological polar surface area (TPSA) is 48.2 Å². The van der Waals surface area contributed by atoms with E-state index in [2.05, 4.69) is 10.1 Å². The zero-order chi connectivity index (χ0) is 12.9. The van der Waals surface area contributed by atoms with Gasteiger partial charge in [-0.05, 0) is 25.2 Å². The van der Waals surface area contributed by atoms with E-state index in [1.807, 2.05) is 0 Å². The van der Waals surface area contributed by atoms with Crippen LogP contribution >= 0.6 is 0 Å². The van der Waals surface area contributed by atoms with Gasteiger partial charge in [0.15, 0.2) is 5.82 Å². The standard InChI is InChI=1S/C15H24N2O2/c1-2-5-12(6-3-1)7-4-8-14-16-15(17-19-14)13-9-10-18-11-13/h12-13H,1-11H2/t13-/m1/s1. The van der Waals surface area contributed by atoms with E-state index in [1.54, 1.807) is 0 Å². The average molecular weight is 264 g/mol. The van der Waals surface area contributed by atoms with E-state index in [9.17, 15) is 0 Å². The number of hydrogen-bond donors (Lipinski definition) is 0. The molecule has 0 aromatic carbocycles. The molecule has 1 aromatic heterocycles. The summed E-state index contributed by atoms with van der Waals surface area (Å²) < 4.78 is 10.7. The van der Waals surface area contributed by atoms with Crippen LogP contribution in [-0.2, 0) is 11.2 Å². The quantitative estimate of drug-likeness (QED) is 0.817. The van der Waals surface area contributed by atoms with E-state index in [-0.39, 0.29) is 0 Å². The Kier molecular flexibility index (Phi) is 4.49. The SMILES string of the molecule is C1CCC(CCCc2nc([C@@H]3CCOC3)no2)CC1. The molecule has 2 heterocycles. The number of nitrogens with zero attached hydrogens (tertiary/aromatic N) is 2. The normalized spacial score (nSPS) is 24.9.